The average molecular weight is 429 g/mol. The summed E-state index contributed by atoms with van der Waals surface area (Å²) in [5, 5.41) is 10.4. The molecule has 32 heavy (non-hydrogen) atoms. The number of amides is 1. The highest BCUT2D eigenvalue weighted by Crippen LogP contribution is 2.55. The molecule has 1 atom stereocenters. The molecule has 2 aromatic carbocycles. The summed E-state index contributed by atoms with van der Waals surface area (Å²) in [4.78, 5) is 40.8. The lowest BCUT2D eigenvalue weighted by molar-refractivity contribution is -0.140. The summed E-state index contributed by atoms with van der Waals surface area (Å²) < 4.78 is 15.9. The summed E-state index contributed by atoms with van der Waals surface area (Å²) in [6.45, 7) is -0.473. The Labute approximate surface area is 180 Å². The molecule has 158 valence electrons. The monoisotopic (exact) mass is 429 g/mol. The molecule has 0 saturated heterocycles. The first-order valence-corrected chi connectivity index (χ1v) is 9.58. The van der Waals surface area contributed by atoms with Crippen LogP contribution in [-0.4, -0.2) is 25.5 Å². The summed E-state index contributed by atoms with van der Waals surface area (Å²) in [6.07, 6.45) is 0. The largest absolute Gasteiger partial charge is 0.468 e. The number of carbonyl (C=O) groups is 2. The van der Waals surface area contributed by atoms with Crippen LogP contribution < -0.4 is 21.0 Å². The van der Waals surface area contributed by atoms with Crippen molar-refractivity contribution < 1.29 is 23.5 Å². The van der Waals surface area contributed by atoms with Crippen LogP contribution in [0.2, 0.25) is 0 Å². The summed E-state index contributed by atoms with van der Waals surface area (Å²) in [7, 11) is 1.19. The minimum atomic E-state index is -1.93. The number of rotatable bonds is 2. The molecular formula is C23H15N3O6. The van der Waals surface area contributed by atoms with Gasteiger partial charge in [0, 0.05) is 10.9 Å². The van der Waals surface area contributed by atoms with Gasteiger partial charge in [0.25, 0.3) is 0 Å². The van der Waals surface area contributed by atoms with E-state index >= 15 is 0 Å². The molecule has 1 spiro atoms. The highest BCUT2D eigenvalue weighted by molar-refractivity contribution is 6.19. The number of hydrogen-bond donors (Lipinski definition) is 1. The van der Waals surface area contributed by atoms with Crippen molar-refractivity contribution in [3.63, 3.8) is 0 Å². The number of nitriles is 1. The van der Waals surface area contributed by atoms with E-state index in [2.05, 4.69) is 0 Å². The molecule has 0 fully saturated rings. The molecule has 3 heterocycles. The number of ether oxygens (including phenoxy) is 2. The number of methoxy groups -OCH3 is 1. The fourth-order valence-corrected chi connectivity index (χ4v) is 4.48. The fourth-order valence-electron chi connectivity index (χ4n) is 4.48. The lowest BCUT2D eigenvalue weighted by Crippen LogP contribution is -2.48. The molecule has 0 radical (unpaired) electrons. The Hall–Kier alpha value is -4.58. The maximum absolute atomic E-state index is 14.1. The van der Waals surface area contributed by atoms with E-state index in [0.29, 0.717) is 5.39 Å². The Bertz CT molecular complexity index is 1460. The maximum Gasteiger partial charge on any atom is 0.343 e. The Balaban J connectivity index is 1.99. The molecule has 1 amide bonds. The lowest BCUT2D eigenvalue weighted by Gasteiger charge is -2.33. The Morgan fingerprint density at radius 3 is 2.66 bits per heavy atom. The van der Waals surface area contributed by atoms with Crippen LogP contribution in [0.1, 0.15) is 11.1 Å². The van der Waals surface area contributed by atoms with Gasteiger partial charge in [0.2, 0.25) is 11.8 Å². The second-order valence-corrected chi connectivity index (χ2v) is 7.28. The first kappa shape index (κ1) is 19.4. The van der Waals surface area contributed by atoms with Crippen molar-refractivity contribution in [2.75, 3.05) is 18.6 Å². The van der Waals surface area contributed by atoms with E-state index in [1.807, 2.05) is 6.07 Å². The molecule has 9 heteroatoms. The van der Waals surface area contributed by atoms with Gasteiger partial charge < -0.3 is 19.6 Å². The van der Waals surface area contributed by atoms with E-state index in [4.69, 9.17) is 19.6 Å². The van der Waals surface area contributed by atoms with Crippen molar-refractivity contribution >= 4 is 28.5 Å². The first-order valence-electron chi connectivity index (χ1n) is 9.58. The molecule has 9 nitrogen and oxygen atoms in total. The SMILES string of the molecule is COC(=O)CN1C(=O)[C@@]2(C(C#N)=C(N)Oc3ccccc32)c2c1c1ccccc1oc2=O. The number of hydrogen-bond acceptors (Lipinski definition) is 8. The molecule has 2 N–H and O–H groups in total. The van der Waals surface area contributed by atoms with Crippen LogP contribution in [0, 0.1) is 11.3 Å². The number of fused-ring (bicyclic) bond motifs is 6. The van der Waals surface area contributed by atoms with Crippen LogP contribution in [0.15, 0.2) is 69.2 Å². The molecule has 0 saturated carbocycles. The number of carbonyl (C=O) groups excluding carboxylic acids is 2. The van der Waals surface area contributed by atoms with Crippen molar-refractivity contribution in [2.45, 2.75) is 5.41 Å². The molecule has 0 unspecified atom stereocenters. The van der Waals surface area contributed by atoms with Gasteiger partial charge in [0.15, 0.2) is 5.41 Å². The zero-order valence-electron chi connectivity index (χ0n) is 16.7. The Morgan fingerprint density at radius 2 is 1.91 bits per heavy atom. The van der Waals surface area contributed by atoms with Crippen molar-refractivity contribution in [1.29, 1.82) is 5.26 Å². The molecule has 2 aliphatic rings. The third-order valence-corrected chi connectivity index (χ3v) is 5.76. The van der Waals surface area contributed by atoms with Gasteiger partial charge >= 0.3 is 11.6 Å². The predicted octanol–water partition coefficient (Wildman–Crippen LogP) is 1.68. The van der Waals surface area contributed by atoms with E-state index in [1.165, 1.54) is 7.11 Å². The normalized spacial score (nSPS) is 18.9. The van der Waals surface area contributed by atoms with Crippen molar-refractivity contribution in [2.24, 2.45) is 5.73 Å². The van der Waals surface area contributed by atoms with E-state index in [1.54, 1.807) is 48.5 Å². The van der Waals surface area contributed by atoms with Crippen LogP contribution in [0.4, 0.5) is 5.69 Å². The maximum atomic E-state index is 14.1. The zero-order chi connectivity index (χ0) is 22.6. The van der Waals surface area contributed by atoms with Gasteiger partial charge in [0.1, 0.15) is 29.5 Å². The molecule has 1 aromatic heterocycles. The summed E-state index contributed by atoms with van der Waals surface area (Å²) in [5.74, 6) is -1.49. The third-order valence-electron chi connectivity index (χ3n) is 5.76. The number of para-hydroxylation sites is 2. The van der Waals surface area contributed by atoms with Crippen LogP contribution >= 0.6 is 0 Å². The van der Waals surface area contributed by atoms with E-state index < -0.39 is 29.5 Å². The van der Waals surface area contributed by atoms with Gasteiger partial charge in [0.05, 0.1) is 18.4 Å². The smallest absolute Gasteiger partial charge is 0.343 e. The minimum Gasteiger partial charge on any atom is -0.468 e. The van der Waals surface area contributed by atoms with Gasteiger partial charge in [-0.2, -0.15) is 5.26 Å². The Morgan fingerprint density at radius 1 is 1.19 bits per heavy atom. The Kier molecular flexibility index (Phi) is 4.07. The number of nitrogens with zero attached hydrogens (tertiary/aromatic N) is 2. The van der Waals surface area contributed by atoms with E-state index in [9.17, 15) is 19.6 Å². The molecule has 2 aliphatic heterocycles. The van der Waals surface area contributed by atoms with Crippen molar-refractivity contribution in [3.05, 3.63) is 81.5 Å². The quantitative estimate of drug-likeness (QED) is 0.480. The second kappa shape index (κ2) is 6.72. The lowest BCUT2D eigenvalue weighted by atomic mass is 9.69. The number of benzene rings is 2. The first-order chi connectivity index (χ1) is 15.4. The molecule has 0 aliphatic carbocycles. The van der Waals surface area contributed by atoms with Gasteiger partial charge in [-0.05, 0) is 18.2 Å². The van der Waals surface area contributed by atoms with Gasteiger partial charge in [-0.25, -0.2) is 4.79 Å². The van der Waals surface area contributed by atoms with E-state index in [0.717, 1.165) is 4.90 Å². The predicted molar refractivity (Wildman–Crippen MR) is 112 cm³/mol. The van der Waals surface area contributed by atoms with Gasteiger partial charge in [-0.3, -0.25) is 14.5 Å². The van der Waals surface area contributed by atoms with Gasteiger partial charge in [-0.1, -0.05) is 30.3 Å². The van der Waals surface area contributed by atoms with Crippen LogP contribution in [-0.2, 0) is 19.7 Å². The number of nitrogens with two attached hydrogens (primary N) is 1. The average Bonchev–Trinajstić information content (AvgIpc) is 3.04. The molecular weight excluding hydrogens is 414 g/mol. The highest BCUT2D eigenvalue weighted by Gasteiger charge is 2.62. The molecule has 5 rings (SSSR count). The fraction of sp³-hybridized carbons (Fsp3) is 0.130. The summed E-state index contributed by atoms with van der Waals surface area (Å²) in [5.41, 5.74) is 3.61. The third kappa shape index (κ3) is 2.29. The second-order valence-electron chi connectivity index (χ2n) is 7.28. The van der Waals surface area contributed by atoms with Gasteiger partial charge in [-0.15, -0.1) is 0 Å². The summed E-state index contributed by atoms with van der Waals surface area (Å²) in [6, 6.07) is 15.1. The molecule has 3 aromatic rings. The van der Waals surface area contributed by atoms with Crippen LogP contribution in [0.3, 0.4) is 0 Å². The topological polar surface area (TPSA) is 136 Å². The zero-order valence-corrected chi connectivity index (χ0v) is 16.7. The van der Waals surface area contributed by atoms with Crippen molar-refractivity contribution in [3.8, 4) is 11.8 Å². The van der Waals surface area contributed by atoms with Crippen molar-refractivity contribution in [1.82, 2.24) is 0 Å². The van der Waals surface area contributed by atoms with E-state index in [-0.39, 0.29) is 39.6 Å². The number of esters is 1. The van der Waals surface area contributed by atoms with Crippen LogP contribution in [0.5, 0.6) is 5.75 Å². The number of anilines is 1. The summed E-state index contributed by atoms with van der Waals surface area (Å²) >= 11 is 0. The standard InChI is InChI=1S/C23H15N3O6/c1-30-17(27)11-26-19-12-6-2-4-8-15(12)32-21(28)18(19)23(22(26)29)13-7-3-5-9-16(13)31-20(25)14(23)10-24/h2-9H,11,25H2,1H3/t23-/m0/s1. The minimum absolute atomic E-state index is 0.0969. The highest BCUT2D eigenvalue weighted by atomic mass is 16.5. The molecule has 0 bridgehead atoms. The van der Waals surface area contributed by atoms with Crippen LogP contribution in [0.25, 0.3) is 11.0 Å².